The van der Waals surface area contributed by atoms with Crippen molar-refractivity contribution in [3.8, 4) is 0 Å². The highest BCUT2D eigenvalue weighted by Crippen LogP contribution is 2.25. The van der Waals surface area contributed by atoms with E-state index in [2.05, 4.69) is 0 Å². The van der Waals surface area contributed by atoms with Crippen LogP contribution < -0.4 is 0 Å². The van der Waals surface area contributed by atoms with Crippen LogP contribution in [-0.4, -0.2) is 29.7 Å². The van der Waals surface area contributed by atoms with Gasteiger partial charge in [-0.1, -0.05) is 11.6 Å². The quantitative estimate of drug-likeness (QED) is 0.829. The van der Waals surface area contributed by atoms with Crippen molar-refractivity contribution in [2.75, 3.05) is 7.05 Å². The Hall–Kier alpha value is -0.870. The number of hydrogen-bond acceptors (Lipinski definition) is 3. The normalized spacial score (nSPS) is 17.2. The highest BCUT2D eigenvalue weighted by Gasteiger charge is 2.26. The summed E-state index contributed by atoms with van der Waals surface area (Å²) in [6.45, 7) is 0. The summed E-state index contributed by atoms with van der Waals surface area (Å²) in [5.74, 6) is 0.308. The van der Waals surface area contributed by atoms with Gasteiger partial charge < -0.3 is 4.90 Å². The second-order valence-corrected chi connectivity index (χ2v) is 6.00. The van der Waals surface area contributed by atoms with E-state index in [9.17, 15) is 9.59 Å². The molecule has 0 aromatic carbocycles. The molecule has 1 aliphatic carbocycles. The van der Waals surface area contributed by atoms with E-state index >= 15 is 0 Å². The number of amides is 1. The van der Waals surface area contributed by atoms with Gasteiger partial charge in [0.1, 0.15) is 5.78 Å². The highest BCUT2D eigenvalue weighted by molar-refractivity contribution is 7.17. The first-order valence-corrected chi connectivity index (χ1v) is 6.81. The average Bonchev–Trinajstić information content (AvgIpc) is 2.75. The van der Waals surface area contributed by atoms with Crippen LogP contribution in [-0.2, 0) is 4.79 Å². The zero-order valence-electron chi connectivity index (χ0n) is 9.61. The summed E-state index contributed by atoms with van der Waals surface area (Å²) in [5, 5.41) is 0. The third kappa shape index (κ3) is 2.87. The van der Waals surface area contributed by atoms with E-state index in [0.717, 1.165) is 12.8 Å². The van der Waals surface area contributed by atoms with Crippen molar-refractivity contribution in [1.82, 2.24) is 4.90 Å². The Balaban J connectivity index is 2.02. The molecule has 1 heterocycles. The van der Waals surface area contributed by atoms with Crippen molar-refractivity contribution in [2.45, 2.75) is 31.7 Å². The molecule has 5 heteroatoms. The summed E-state index contributed by atoms with van der Waals surface area (Å²) in [6.07, 6.45) is 2.74. The summed E-state index contributed by atoms with van der Waals surface area (Å²) < 4.78 is 0.626. The standard InChI is InChI=1S/C12H14ClNO2S/c1-14(8-2-4-9(15)5-3-8)12(16)10-6-7-11(13)17-10/h6-8H,2-5H2,1H3. The average molecular weight is 272 g/mol. The molecule has 0 saturated heterocycles. The molecule has 0 spiro atoms. The molecule has 0 atom stereocenters. The first-order valence-electron chi connectivity index (χ1n) is 5.62. The summed E-state index contributed by atoms with van der Waals surface area (Å²) in [5.41, 5.74) is 0. The van der Waals surface area contributed by atoms with E-state index in [0.29, 0.717) is 27.8 Å². The van der Waals surface area contributed by atoms with Crippen molar-refractivity contribution in [2.24, 2.45) is 0 Å². The van der Waals surface area contributed by atoms with Gasteiger partial charge in [-0.05, 0) is 25.0 Å². The molecule has 3 nitrogen and oxygen atoms in total. The van der Waals surface area contributed by atoms with Crippen LogP contribution in [0.5, 0.6) is 0 Å². The summed E-state index contributed by atoms with van der Waals surface area (Å²) >= 11 is 7.11. The van der Waals surface area contributed by atoms with Gasteiger partial charge in [0.2, 0.25) is 0 Å². The first-order chi connectivity index (χ1) is 8.08. The molecular weight excluding hydrogens is 258 g/mol. The zero-order valence-corrected chi connectivity index (χ0v) is 11.2. The van der Waals surface area contributed by atoms with Crippen LogP contribution in [0.2, 0.25) is 4.34 Å². The van der Waals surface area contributed by atoms with Gasteiger partial charge in [0.15, 0.2) is 0 Å². The number of ketones is 1. The van der Waals surface area contributed by atoms with Gasteiger partial charge >= 0.3 is 0 Å². The fraction of sp³-hybridized carbons (Fsp3) is 0.500. The third-order valence-corrected chi connectivity index (χ3v) is 4.38. The minimum atomic E-state index is 0.00116. The molecule has 0 N–H and O–H groups in total. The van der Waals surface area contributed by atoms with Crippen molar-refractivity contribution >= 4 is 34.6 Å². The number of carbonyl (C=O) groups excluding carboxylic acids is 2. The molecule has 0 radical (unpaired) electrons. The molecular formula is C12H14ClNO2S. The van der Waals surface area contributed by atoms with E-state index in [1.165, 1.54) is 11.3 Å². The van der Waals surface area contributed by atoms with E-state index in [-0.39, 0.29) is 11.9 Å². The Morgan fingerprint density at radius 2 is 2.06 bits per heavy atom. The molecule has 0 unspecified atom stereocenters. The molecule has 2 rings (SSSR count). The molecule has 1 fully saturated rings. The van der Waals surface area contributed by atoms with Gasteiger partial charge in [0, 0.05) is 25.9 Å². The van der Waals surface area contributed by atoms with Gasteiger partial charge in [-0.3, -0.25) is 9.59 Å². The lowest BCUT2D eigenvalue weighted by molar-refractivity contribution is -0.121. The van der Waals surface area contributed by atoms with Crippen LogP contribution in [0.4, 0.5) is 0 Å². The fourth-order valence-corrected chi connectivity index (χ4v) is 3.11. The third-order valence-electron chi connectivity index (χ3n) is 3.16. The number of rotatable bonds is 2. The molecule has 1 aliphatic rings. The topological polar surface area (TPSA) is 37.4 Å². The van der Waals surface area contributed by atoms with Crippen LogP contribution >= 0.6 is 22.9 Å². The number of hydrogen-bond donors (Lipinski definition) is 0. The zero-order chi connectivity index (χ0) is 12.4. The maximum atomic E-state index is 12.1. The molecule has 0 aliphatic heterocycles. The maximum absolute atomic E-state index is 12.1. The largest absolute Gasteiger partial charge is 0.338 e. The van der Waals surface area contributed by atoms with E-state index in [1.807, 2.05) is 0 Å². The molecule has 1 aromatic heterocycles. The molecule has 1 aromatic rings. The van der Waals surface area contributed by atoms with Crippen molar-refractivity contribution < 1.29 is 9.59 Å². The van der Waals surface area contributed by atoms with Crippen molar-refractivity contribution in [3.05, 3.63) is 21.3 Å². The van der Waals surface area contributed by atoms with Gasteiger partial charge in [-0.25, -0.2) is 0 Å². The predicted molar refractivity (Wildman–Crippen MR) is 68.7 cm³/mol. The fourth-order valence-electron chi connectivity index (χ4n) is 2.08. The number of Topliss-reactive ketones (excluding diaryl/α,β-unsaturated/α-hetero) is 1. The van der Waals surface area contributed by atoms with Crippen LogP contribution in [0.1, 0.15) is 35.4 Å². The van der Waals surface area contributed by atoms with Crippen molar-refractivity contribution in [3.63, 3.8) is 0 Å². The summed E-state index contributed by atoms with van der Waals surface area (Å²) in [4.78, 5) is 25.7. The predicted octanol–water partition coefficient (Wildman–Crippen LogP) is 2.99. The molecule has 17 heavy (non-hydrogen) atoms. The lowest BCUT2D eigenvalue weighted by Gasteiger charge is -2.30. The lowest BCUT2D eigenvalue weighted by Crippen LogP contribution is -2.39. The van der Waals surface area contributed by atoms with Crippen LogP contribution in [0.15, 0.2) is 12.1 Å². The first kappa shape index (κ1) is 12.6. The second-order valence-electron chi connectivity index (χ2n) is 4.29. The molecule has 1 saturated carbocycles. The summed E-state index contributed by atoms with van der Waals surface area (Å²) in [6, 6.07) is 3.67. The Morgan fingerprint density at radius 1 is 1.41 bits per heavy atom. The van der Waals surface area contributed by atoms with Crippen LogP contribution in [0, 0.1) is 0 Å². The van der Waals surface area contributed by atoms with Crippen molar-refractivity contribution in [1.29, 1.82) is 0 Å². The van der Waals surface area contributed by atoms with E-state index in [1.54, 1.807) is 24.1 Å². The SMILES string of the molecule is CN(C(=O)c1ccc(Cl)s1)C1CCC(=O)CC1. The second kappa shape index (κ2) is 5.19. The van der Waals surface area contributed by atoms with E-state index < -0.39 is 0 Å². The van der Waals surface area contributed by atoms with Crippen LogP contribution in [0.3, 0.4) is 0 Å². The van der Waals surface area contributed by atoms with Crippen LogP contribution in [0.25, 0.3) is 0 Å². The molecule has 92 valence electrons. The highest BCUT2D eigenvalue weighted by atomic mass is 35.5. The minimum Gasteiger partial charge on any atom is -0.338 e. The van der Waals surface area contributed by atoms with Gasteiger partial charge in [0.05, 0.1) is 9.21 Å². The maximum Gasteiger partial charge on any atom is 0.263 e. The minimum absolute atomic E-state index is 0.00116. The van der Waals surface area contributed by atoms with E-state index in [4.69, 9.17) is 11.6 Å². The lowest BCUT2D eigenvalue weighted by atomic mass is 9.93. The smallest absolute Gasteiger partial charge is 0.263 e. The van der Waals surface area contributed by atoms with Gasteiger partial charge in [-0.2, -0.15) is 0 Å². The number of carbonyl (C=O) groups is 2. The Bertz CT molecular complexity index is 433. The Morgan fingerprint density at radius 3 is 2.59 bits per heavy atom. The Kier molecular flexibility index (Phi) is 3.84. The number of nitrogens with zero attached hydrogens (tertiary/aromatic N) is 1. The van der Waals surface area contributed by atoms with Gasteiger partial charge in [-0.15, -0.1) is 11.3 Å². The number of halogens is 1. The number of thiophene rings is 1. The molecule has 0 bridgehead atoms. The summed E-state index contributed by atoms with van der Waals surface area (Å²) in [7, 11) is 1.80. The monoisotopic (exact) mass is 271 g/mol. The van der Waals surface area contributed by atoms with Gasteiger partial charge in [0.25, 0.3) is 5.91 Å². The molecule has 1 amide bonds. The Labute approximate surface area is 109 Å².